The van der Waals surface area contributed by atoms with Crippen molar-refractivity contribution < 1.29 is 13.2 Å². The number of rotatable bonds is 3. The molecule has 2 aromatic carbocycles. The zero-order chi connectivity index (χ0) is 15.6. The van der Waals surface area contributed by atoms with Gasteiger partial charge in [0, 0.05) is 16.4 Å². The van der Waals surface area contributed by atoms with Gasteiger partial charge in [0.1, 0.15) is 0 Å². The van der Waals surface area contributed by atoms with E-state index in [4.69, 9.17) is 33.9 Å². The molecule has 0 aliphatic rings. The Hall–Kier alpha value is -1.27. The van der Waals surface area contributed by atoms with Crippen molar-refractivity contribution in [2.45, 2.75) is 4.90 Å². The van der Waals surface area contributed by atoms with Gasteiger partial charge in [0.15, 0.2) is 0 Å². The topological polar surface area (TPSA) is 63.2 Å². The monoisotopic (exact) mass is 363 g/mol. The van der Waals surface area contributed by atoms with Crippen molar-refractivity contribution in [3.63, 3.8) is 0 Å². The number of carbonyl (C=O) groups excluding carboxylic acids is 1. The summed E-state index contributed by atoms with van der Waals surface area (Å²) in [5.41, 5.74) is 0.537. The fourth-order valence-corrected chi connectivity index (χ4v) is 2.95. The molecule has 0 unspecified atom stereocenters. The highest BCUT2D eigenvalue weighted by Crippen LogP contribution is 2.25. The predicted octanol–water partition coefficient (Wildman–Crippen LogP) is 4.17. The highest BCUT2D eigenvalue weighted by molar-refractivity contribution is 8.13. The van der Waals surface area contributed by atoms with Gasteiger partial charge in [-0.1, -0.05) is 29.3 Å². The molecule has 0 heterocycles. The third-order valence-corrected chi connectivity index (χ3v) is 4.58. The normalized spacial score (nSPS) is 11.2. The lowest BCUT2D eigenvalue weighted by Gasteiger charge is -2.08. The van der Waals surface area contributed by atoms with Crippen molar-refractivity contribution >= 4 is 54.5 Å². The first-order valence-electron chi connectivity index (χ1n) is 5.59. The Labute approximate surface area is 136 Å². The van der Waals surface area contributed by atoms with Crippen LogP contribution in [0.15, 0.2) is 47.4 Å². The maximum atomic E-state index is 12.1. The van der Waals surface area contributed by atoms with Crippen LogP contribution in [0.3, 0.4) is 0 Å². The van der Waals surface area contributed by atoms with Gasteiger partial charge < -0.3 is 5.32 Å². The highest BCUT2D eigenvalue weighted by Gasteiger charge is 2.15. The summed E-state index contributed by atoms with van der Waals surface area (Å²) in [4.78, 5) is 12.1. The largest absolute Gasteiger partial charge is 0.322 e. The lowest BCUT2D eigenvalue weighted by atomic mass is 10.2. The molecule has 0 aliphatic carbocycles. The number of carbonyl (C=O) groups is 1. The molecule has 0 radical (unpaired) electrons. The smallest absolute Gasteiger partial charge is 0.261 e. The van der Waals surface area contributed by atoms with E-state index >= 15 is 0 Å². The molecule has 21 heavy (non-hydrogen) atoms. The molecule has 2 aromatic rings. The fourth-order valence-electron chi connectivity index (χ4n) is 1.61. The molecule has 0 aromatic heterocycles. The second-order valence-corrected chi connectivity index (χ2v) is 7.39. The second-order valence-electron chi connectivity index (χ2n) is 4.01. The van der Waals surface area contributed by atoms with Crippen molar-refractivity contribution in [1.82, 2.24) is 0 Å². The molecular formula is C13H8Cl3NO3S. The number of nitrogens with one attached hydrogen (secondary N) is 1. The van der Waals surface area contributed by atoms with E-state index in [9.17, 15) is 13.2 Å². The van der Waals surface area contributed by atoms with Crippen molar-refractivity contribution in [2.24, 2.45) is 0 Å². The molecule has 0 fully saturated rings. The van der Waals surface area contributed by atoms with Gasteiger partial charge in [-0.25, -0.2) is 8.42 Å². The Morgan fingerprint density at radius 1 is 0.952 bits per heavy atom. The van der Waals surface area contributed by atoms with E-state index in [0.717, 1.165) is 0 Å². The van der Waals surface area contributed by atoms with Gasteiger partial charge in [0.05, 0.1) is 20.5 Å². The summed E-state index contributed by atoms with van der Waals surface area (Å²) in [5.74, 6) is -0.493. The Bertz CT molecular complexity index is 769. The average Bonchev–Trinajstić information content (AvgIpc) is 2.38. The first-order valence-corrected chi connectivity index (χ1v) is 8.65. The molecule has 1 amide bonds. The molecule has 0 spiro atoms. The summed E-state index contributed by atoms with van der Waals surface area (Å²) < 4.78 is 22.2. The van der Waals surface area contributed by atoms with Crippen LogP contribution < -0.4 is 5.32 Å². The van der Waals surface area contributed by atoms with Crippen molar-refractivity contribution in [1.29, 1.82) is 0 Å². The van der Waals surface area contributed by atoms with Crippen LogP contribution >= 0.6 is 33.9 Å². The van der Waals surface area contributed by atoms with Crippen LogP contribution in [0.25, 0.3) is 0 Å². The molecule has 0 atom stereocenters. The zero-order valence-electron chi connectivity index (χ0n) is 10.3. The van der Waals surface area contributed by atoms with Crippen molar-refractivity contribution in [3.8, 4) is 0 Å². The van der Waals surface area contributed by atoms with Crippen LogP contribution in [-0.4, -0.2) is 14.3 Å². The van der Waals surface area contributed by atoms with E-state index in [0.29, 0.717) is 5.69 Å². The summed E-state index contributed by atoms with van der Waals surface area (Å²) >= 11 is 11.9. The second kappa shape index (κ2) is 6.23. The van der Waals surface area contributed by atoms with Crippen LogP contribution in [0.1, 0.15) is 10.4 Å². The van der Waals surface area contributed by atoms with E-state index in [-0.39, 0.29) is 20.5 Å². The SMILES string of the molecule is O=C(Nc1ccc(S(=O)(=O)Cl)cc1)c1c(Cl)cccc1Cl. The Balaban J connectivity index is 2.24. The van der Waals surface area contributed by atoms with Crippen LogP contribution in [0, 0.1) is 0 Å². The van der Waals surface area contributed by atoms with Gasteiger partial charge in [0.2, 0.25) is 0 Å². The maximum Gasteiger partial charge on any atom is 0.261 e. The minimum absolute atomic E-state index is 0.0575. The lowest BCUT2D eigenvalue weighted by Crippen LogP contribution is -2.13. The summed E-state index contributed by atoms with van der Waals surface area (Å²) in [6, 6.07) is 10.1. The molecule has 2 rings (SSSR count). The first kappa shape index (κ1) is 16.1. The van der Waals surface area contributed by atoms with Crippen LogP contribution in [-0.2, 0) is 9.05 Å². The molecule has 0 bridgehead atoms. The minimum Gasteiger partial charge on any atom is -0.322 e. The standard InChI is InChI=1S/C13H8Cl3NO3S/c14-10-2-1-3-11(15)12(10)13(18)17-8-4-6-9(7-5-8)21(16,19)20/h1-7H,(H,17,18). The molecule has 110 valence electrons. The van der Waals surface area contributed by atoms with Gasteiger partial charge in [0.25, 0.3) is 15.0 Å². The molecular weight excluding hydrogens is 357 g/mol. The van der Waals surface area contributed by atoms with Gasteiger partial charge in [-0.2, -0.15) is 0 Å². The average molecular weight is 365 g/mol. The summed E-state index contributed by atoms with van der Waals surface area (Å²) in [6.07, 6.45) is 0. The third kappa shape index (κ3) is 3.89. The number of hydrogen-bond acceptors (Lipinski definition) is 3. The predicted molar refractivity (Wildman–Crippen MR) is 83.9 cm³/mol. The Morgan fingerprint density at radius 3 is 1.95 bits per heavy atom. The molecule has 8 heteroatoms. The maximum absolute atomic E-state index is 12.1. The van der Waals surface area contributed by atoms with E-state index in [1.807, 2.05) is 0 Å². The van der Waals surface area contributed by atoms with Gasteiger partial charge in [-0.3, -0.25) is 4.79 Å². The van der Waals surface area contributed by atoms with Crippen LogP contribution in [0.5, 0.6) is 0 Å². The summed E-state index contributed by atoms with van der Waals surface area (Å²) in [5, 5.41) is 3.02. The summed E-state index contributed by atoms with van der Waals surface area (Å²) in [6.45, 7) is 0. The fraction of sp³-hybridized carbons (Fsp3) is 0. The summed E-state index contributed by atoms with van der Waals surface area (Å²) in [7, 11) is 1.41. The quantitative estimate of drug-likeness (QED) is 0.831. The highest BCUT2D eigenvalue weighted by atomic mass is 35.7. The number of amides is 1. The number of halogens is 3. The Morgan fingerprint density at radius 2 is 1.48 bits per heavy atom. The molecule has 0 saturated heterocycles. The third-order valence-electron chi connectivity index (χ3n) is 2.58. The van der Waals surface area contributed by atoms with E-state index in [2.05, 4.69) is 5.32 Å². The first-order chi connectivity index (χ1) is 9.79. The van der Waals surface area contributed by atoms with Crippen molar-refractivity contribution in [3.05, 3.63) is 58.1 Å². The van der Waals surface area contributed by atoms with Crippen molar-refractivity contribution in [2.75, 3.05) is 5.32 Å². The van der Waals surface area contributed by atoms with Gasteiger partial charge in [-0.05, 0) is 36.4 Å². The van der Waals surface area contributed by atoms with E-state index < -0.39 is 15.0 Å². The van der Waals surface area contributed by atoms with Crippen LogP contribution in [0.2, 0.25) is 10.0 Å². The minimum atomic E-state index is -3.80. The van der Waals surface area contributed by atoms with Gasteiger partial charge in [-0.15, -0.1) is 0 Å². The van der Waals surface area contributed by atoms with Crippen LogP contribution in [0.4, 0.5) is 5.69 Å². The number of anilines is 1. The molecule has 0 aliphatic heterocycles. The number of benzene rings is 2. The zero-order valence-corrected chi connectivity index (χ0v) is 13.4. The lowest BCUT2D eigenvalue weighted by molar-refractivity contribution is 0.102. The molecule has 4 nitrogen and oxygen atoms in total. The Kier molecular flexibility index (Phi) is 4.78. The molecule has 0 saturated carbocycles. The van der Waals surface area contributed by atoms with E-state index in [1.165, 1.54) is 24.3 Å². The number of hydrogen-bond donors (Lipinski definition) is 1. The van der Waals surface area contributed by atoms with Gasteiger partial charge >= 0.3 is 0 Å². The molecule has 1 N–H and O–H groups in total. The van der Waals surface area contributed by atoms with E-state index in [1.54, 1.807) is 18.2 Å².